The fraction of sp³-hybridized carbons (Fsp3) is 0.533. The lowest BCUT2D eigenvalue weighted by Gasteiger charge is -2.07. The summed E-state index contributed by atoms with van der Waals surface area (Å²) in [6.45, 7) is 5.20. The minimum atomic E-state index is 0.0480. The number of nitrogen functional groups attached to an aromatic ring is 1. The molecule has 0 amide bonds. The molecule has 1 aromatic carbocycles. The summed E-state index contributed by atoms with van der Waals surface area (Å²) < 4.78 is 10.9. The van der Waals surface area contributed by atoms with Crippen LogP contribution in [0.2, 0.25) is 0 Å². The van der Waals surface area contributed by atoms with E-state index in [2.05, 4.69) is 0 Å². The second kappa shape index (κ2) is 8.53. The number of anilines is 1. The van der Waals surface area contributed by atoms with Crippen molar-refractivity contribution in [3.63, 3.8) is 0 Å². The lowest BCUT2D eigenvalue weighted by atomic mass is 10.1. The van der Waals surface area contributed by atoms with Crippen LogP contribution in [0.3, 0.4) is 0 Å². The van der Waals surface area contributed by atoms with Crippen LogP contribution in [0.25, 0.3) is 0 Å². The quantitative estimate of drug-likeness (QED) is 0.551. The van der Waals surface area contributed by atoms with Gasteiger partial charge in [-0.15, -0.1) is 0 Å². The standard InChI is InChI=1S/C15H23NO3/c1-12(2)15(17)11-18-8-3-4-9-19-14-7-5-6-13(16)10-14/h5-7,10,12H,3-4,8-9,11,16H2,1-2H3. The largest absolute Gasteiger partial charge is 0.494 e. The monoisotopic (exact) mass is 265 g/mol. The zero-order chi connectivity index (χ0) is 14.1. The van der Waals surface area contributed by atoms with Crippen LogP contribution in [0.1, 0.15) is 26.7 Å². The van der Waals surface area contributed by atoms with E-state index in [4.69, 9.17) is 15.2 Å². The highest BCUT2D eigenvalue weighted by Gasteiger charge is 2.06. The smallest absolute Gasteiger partial charge is 0.160 e. The van der Waals surface area contributed by atoms with E-state index in [1.165, 1.54) is 0 Å². The van der Waals surface area contributed by atoms with Gasteiger partial charge in [0, 0.05) is 24.3 Å². The molecule has 0 radical (unpaired) electrons. The highest BCUT2D eigenvalue weighted by molar-refractivity contribution is 5.81. The third-order valence-corrected chi connectivity index (χ3v) is 2.70. The Hall–Kier alpha value is -1.55. The molecule has 106 valence electrons. The number of carbonyl (C=O) groups is 1. The Balaban J connectivity index is 2.01. The van der Waals surface area contributed by atoms with Gasteiger partial charge >= 0.3 is 0 Å². The number of benzene rings is 1. The molecule has 2 N–H and O–H groups in total. The molecule has 1 aromatic rings. The molecule has 0 bridgehead atoms. The normalized spacial score (nSPS) is 10.7. The Labute approximate surface area is 114 Å². The molecule has 4 nitrogen and oxygen atoms in total. The molecule has 19 heavy (non-hydrogen) atoms. The van der Waals surface area contributed by atoms with Crippen molar-refractivity contribution in [3.05, 3.63) is 24.3 Å². The maximum atomic E-state index is 11.3. The van der Waals surface area contributed by atoms with E-state index in [0.717, 1.165) is 18.6 Å². The van der Waals surface area contributed by atoms with Gasteiger partial charge in [0.1, 0.15) is 12.4 Å². The molecular weight excluding hydrogens is 242 g/mol. The molecule has 0 aliphatic heterocycles. The van der Waals surface area contributed by atoms with E-state index >= 15 is 0 Å². The van der Waals surface area contributed by atoms with Gasteiger partial charge in [0.15, 0.2) is 5.78 Å². The summed E-state index contributed by atoms with van der Waals surface area (Å²) in [5, 5.41) is 0. The maximum Gasteiger partial charge on any atom is 0.160 e. The minimum Gasteiger partial charge on any atom is -0.494 e. The van der Waals surface area contributed by atoms with Crippen LogP contribution >= 0.6 is 0 Å². The summed E-state index contributed by atoms with van der Waals surface area (Å²) in [4.78, 5) is 11.3. The maximum absolute atomic E-state index is 11.3. The average molecular weight is 265 g/mol. The predicted octanol–water partition coefficient (Wildman–Crippen LogP) is 2.67. The van der Waals surface area contributed by atoms with Crippen LogP contribution in [0.15, 0.2) is 24.3 Å². The highest BCUT2D eigenvalue weighted by Crippen LogP contribution is 2.14. The molecule has 0 saturated heterocycles. The van der Waals surface area contributed by atoms with Crippen LogP contribution in [0, 0.1) is 5.92 Å². The van der Waals surface area contributed by atoms with Crippen molar-refractivity contribution in [2.45, 2.75) is 26.7 Å². The molecule has 0 heterocycles. The zero-order valence-electron chi connectivity index (χ0n) is 11.7. The topological polar surface area (TPSA) is 61.5 Å². The zero-order valence-corrected chi connectivity index (χ0v) is 11.7. The third kappa shape index (κ3) is 6.82. The van der Waals surface area contributed by atoms with Gasteiger partial charge in [0.2, 0.25) is 0 Å². The number of ketones is 1. The summed E-state index contributed by atoms with van der Waals surface area (Å²) in [6, 6.07) is 7.38. The highest BCUT2D eigenvalue weighted by atomic mass is 16.5. The number of Topliss-reactive ketones (excluding diaryl/α,β-unsaturated/α-hetero) is 1. The molecular formula is C15H23NO3. The van der Waals surface area contributed by atoms with E-state index in [1.54, 1.807) is 6.07 Å². The summed E-state index contributed by atoms with van der Waals surface area (Å²) >= 11 is 0. The van der Waals surface area contributed by atoms with Gasteiger partial charge < -0.3 is 15.2 Å². The lowest BCUT2D eigenvalue weighted by Crippen LogP contribution is -2.15. The van der Waals surface area contributed by atoms with Crippen molar-refractivity contribution in [3.8, 4) is 5.75 Å². The van der Waals surface area contributed by atoms with Crippen molar-refractivity contribution in [2.75, 3.05) is 25.6 Å². The fourth-order valence-corrected chi connectivity index (χ4v) is 1.44. The van der Waals surface area contributed by atoms with Crippen LogP contribution in [0.4, 0.5) is 5.69 Å². The number of carbonyl (C=O) groups excluding carboxylic acids is 1. The summed E-state index contributed by atoms with van der Waals surface area (Å²) in [7, 11) is 0. The van der Waals surface area contributed by atoms with Gasteiger partial charge in [-0.1, -0.05) is 19.9 Å². The molecule has 0 spiro atoms. The van der Waals surface area contributed by atoms with Crippen LogP contribution in [0.5, 0.6) is 5.75 Å². The Kier molecular flexibility index (Phi) is 6.97. The Morgan fingerprint density at radius 2 is 2.00 bits per heavy atom. The minimum absolute atomic E-state index is 0.0480. The van der Waals surface area contributed by atoms with Crippen molar-refractivity contribution < 1.29 is 14.3 Å². The predicted molar refractivity (Wildman–Crippen MR) is 76.2 cm³/mol. The van der Waals surface area contributed by atoms with Crippen molar-refractivity contribution >= 4 is 11.5 Å². The summed E-state index contributed by atoms with van der Waals surface area (Å²) in [5.74, 6) is 0.985. The van der Waals surface area contributed by atoms with E-state index in [9.17, 15) is 4.79 Å². The Morgan fingerprint density at radius 1 is 1.26 bits per heavy atom. The van der Waals surface area contributed by atoms with Gasteiger partial charge in [-0.25, -0.2) is 0 Å². The van der Waals surface area contributed by atoms with Crippen molar-refractivity contribution in [2.24, 2.45) is 5.92 Å². The van der Waals surface area contributed by atoms with E-state index in [0.29, 0.717) is 18.9 Å². The van der Waals surface area contributed by atoms with Crippen LogP contribution in [-0.4, -0.2) is 25.6 Å². The van der Waals surface area contributed by atoms with Gasteiger partial charge in [-0.05, 0) is 25.0 Å². The second-order valence-electron chi connectivity index (χ2n) is 4.80. The molecule has 0 aliphatic rings. The number of nitrogens with two attached hydrogens (primary N) is 1. The number of hydrogen-bond acceptors (Lipinski definition) is 4. The fourth-order valence-electron chi connectivity index (χ4n) is 1.44. The Morgan fingerprint density at radius 3 is 2.68 bits per heavy atom. The third-order valence-electron chi connectivity index (χ3n) is 2.70. The first-order chi connectivity index (χ1) is 9.09. The molecule has 0 atom stereocenters. The molecule has 1 rings (SSSR count). The van der Waals surface area contributed by atoms with Crippen LogP contribution < -0.4 is 10.5 Å². The molecule has 0 fully saturated rings. The van der Waals surface area contributed by atoms with E-state index < -0.39 is 0 Å². The number of unbranched alkanes of at least 4 members (excludes halogenated alkanes) is 1. The van der Waals surface area contributed by atoms with Gasteiger partial charge in [-0.3, -0.25) is 4.79 Å². The summed E-state index contributed by atoms with van der Waals surface area (Å²) in [5.41, 5.74) is 6.35. The van der Waals surface area contributed by atoms with E-state index in [-0.39, 0.29) is 18.3 Å². The number of hydrogen-bond donors (Lipinski definition) is 1. The van der Waals surface area contributed by atoms with Crippen LogP contribution in [-0.2, 0) is 9.53 Å². The average Bonchev–Trinajstić information content (AvgIpc) is 2.37. The molecule has 0 aliphatic carbocycles. The number of rotatable bonds is 9. The number of ether oxygens (including phenoxy) is 2. The van der Waals surface area contributed by atoms with Gasteiger partial charge in [0.25, 0.3) is 0 Å². The molecule has 0 unspecified atom stereocenters. The lowest BCUT2D eigenvalue weighted by molar-refractivity contribution is -0.126. The van der Waals surface area contributed by atoms with Gasteiger partial charge in [0.05, 0.1) is 6.61 Å². The molecule has 0 saturated carbocycles. The van der Waals surface area contributed by atoms with Crippen molar-refractivity contribution in [1.29, 1.82) is 0 Å². The SMILES string of the molecule is CC(C)C(=O)COCCCCOc1cccc(N)c1. The Bertz CT molecular complexity index is 391. The second-order valence-corrected chi connectivity index (χ2v) is 4.80. The summed E-state index contributed by atoms with van der Waals surface area (Å²) in [6.07, 6.45) is 1.78. The molecule has 4 heteroatoms. The van der Waals surface area contributed by atoms with Gasteiger partial charge in [-0.2, -0.15) is 0 Å². The van der Waals surface area contributed by atoms with E-state index in [1.807, 2.05) is 32.0 Å². The molecule has 0 aromatic heterocycles. The first-order valence-corrected chi connectivity index (χ1v) is 6.68. The first-order valence-electron chi connectivity index (χ1n) is 6.68. The first kappa shape index (κ1) is 15.5. The van der Waals surface area contributed by atoms with Crippen molar-refractivity contribution in [1.82, 2.24) is 0 Å².